The van der Waals surface area contributed by atoms with Crippen LogP contribution in [-0.4, -0.2) is 42.5 Å². The largest absolute Gasteiger partial charge is 0.455 e. The van der Waals surface area contributed by atoms with E-state index >= 15 is 0 Å². The van der Waals surface area contributed by atoms with Gasteiger partial charge in [0.1, 0.15) is 23.0 Å². The Kier molecular flexibility index (Phi) is 9.82. The molecule has 1 heterocycles. The number of fused-ring (bicyclic) bond motifs is 1. The van der Waals surface area contributed by atoms with Crippen molar-refractivity contribution >= 4 is 56.8 Å². The Morgan fingerprint density at radius 2 is 1.72 bits per heavy atom. The van der Waals surface area contributed by atoms with E-state index in [1.807, 2.05) is 6.07 Å². The highest BCUT2D eigenvalue weighted by atomic mass is 79.9. The molecule has 12 heteroatoms. The third-order valence-electron chi connectivity index (χ3n) is 9.23. The number of anilines is 1. The topological polar surface area (TPSA) is 88.8 Å². The first-order valence-electron chi connectivity index (χ1n) is 15.6. The third-order valence-corrected chi connectivity index (χ3v) is 15.6. The van der Waals surface area contributed by atoms with Gasteiger partial charge in [0, 0.05) is 35.1 Å². The molecule has 1 aliphatic carbocycles. The predicted octanol–water partition coefficient (Wildman–Crippen LogP) is 9.30. The average Bonchev–Trinajstić information content (AvgIpc) is 3.76. The molecule has 0 aliphatic heterocycles. The summed E-state index contributed by atoms with van der Waals surface area (Å²) in [4.78, 5) is 13.2. The highest BCUT2D eigenvalue weighted by Crippen LogP contribution is 2.49. The zero-order chi connectivity index (χ0) is 34.5. The summed E-state index contributed by atoms with van der Waals surface area (Å²) in [5.74, 6) is -0.825. The van der Waals surface area contributed by atoms with Crippen molar-refractivity contribution in [3.63, 3.8) is 0 Å². The monoisotopic (exact) mass is 746 g/mol. The molecule has 1 saturated carbocycles. The number of hydrogen-bond acceptors (Lipinski definition) is 5. The van der Waals surface area contributed by atoms with Crippen LogP contribution in [0.3, 0.4) is 0 Å². The molecular formula is C35H41BrF2N2O5SSi. The maximum atomic E-state index is 14.6. The summed E-state index contributed by atoms with van der Waals surface area (Å²) in [7, 11) is -4.68. The second-order valence-electron chi connectivity index (χ2n) is 13.7. The van der Waals surface area contributed by atoms with Gasteiger partial charge in [-0.3, -0.25) is 9.10 Å². The summed E-state index contributed by atoms with van der Waals surface area (Å²) in [6.45, 7) is 10.6. The molecule has 47 heavy (non-hydrogen) atoms. The molecule has 1 aliphatic rings. The van der Waals surface area contributed by atoms with Gasteiger partial charge in [-0.25, -0.2) is 17.2 Å². The van der Waals surface area contributed by atoms with Crippen molar-refractivity contribution in [2.24, 2.45) is 0 Å². The van der Waals surface area contributed by atoms with E-state index in [4.69, 9.17) is 8.84 Å². The van der Waals surface area contributed by atoms with Crippen molar-refractivity contribution in [1.29, 1.82) is 0 Å². The molecule has 252 valence electrons. The minimum Gasteiger partial charge on any atom is -0.455 e. The van der Waals surface area contributed by atoms with Gasteiger partial charge in [-0.2, -0.15) is 0 Å². The SMILES string of the molecule is CNC(=O)c1c(-c2ccc(F)cc2)oc2cc(N(CCC(O[Si](C)(C)C(C)(C)C)c3cc(F)ccc3Br)S(C)(=O)=O)c(C3CC3)cc12. The molecule has 3 aromatic carbocycles. The Morgan fingerprint density at radius 1 is 1.09 bits per heavy atom. The number of carbonyl (C=O) groups is 1. The third kappa shape index (κ3) is 7.50. The van der Waals surface area contributed by atoms with E-state index in [9.17, 15) is 22.0 Å². The zero-order valence-corrected chi connectivity index (χ0v) is 31.1. The van der Waals surface area contributed by atoms with Crippen LogP contribution in [0.4, 0.5) is 14.5 Å². The molecule has 0 radical (unpaired) electrons. The zero-order valence-electron chi connectivity index (χ0n) is 27.7. The van der Waals surface area contributed by atoms with Crippen LogP contribution in [0.25, 0.3) is 22.3 Å². The van der Waals surface area contributed by atoms with Crippen LogP contribution >= 0.6 is 15.9 Å². The Balaban J connectivity index is 1.62. The van der Waals surface area contributed by atoms with E-state index in [1.165, 1.54) is 47.8 Å². The normalized spacial score (nSPS) is 14.8. The molecule has 1 fully saturated rings. The first kappa shape index (κ1) is 35.2. The highest BCUT2D eigenvalue weighted by Gasteiger charge is 2.40. The molecule has 4 aromatic rings. The van der Waals surface area contributed by atoms with Crippen LogP contribution in [0.15, 0.2) is 63.5 Å². The van der Waals surface area contributed by atoms with Gasteiger partial charge in [0.05, 0.1) is 23.6 Å². The Hall–Kier alpha value is -3.06. The fourth-order valence-electron chi connectivity index (χ4n) is 5.51. The molecule has 7 nitrogen and oxygen atoms in total. The number of nitrogens with zero attached hydrogens (tertiary/aromatic N) is 1. The minimum atomic E-state index is -3.82. The van der Waals surface area contributed by atoms with Gasteiger partial charge in [0.2, 0.25) is 10.0 Å². The van der Waals surface area contributed by atoms with Crippen molar-refractivity contribution in [3.05, 3.63) is 87.4 Å². The number of sulfonamides is 1. The molecule has 1 N–H and O–H groups in total. The Bertz CT molecular complexity index is 1920. The van der Waals surface area contributed by atoms with Gasteiger partial charge in [0.25, 0.3) is 5.91 Å². The van der Waals surface area contributed by atoms with Crippen LogP contribution in [-0.2, 0) is 14.4 Å². The summed E-state index contributed by atoms with van der Waals surface area (Å²) in [5.41, 5.74) is 3.03. The second-order valence-corrected chi connectivity index (χ2v) is 21.2. The number of nitrogens with one attached hydrogen (secondary N) is 1. The summed E-state index contributed by atoms with van der Waals surface area (Å²) in [5, 5.41) is 3.08. The van der Waals surface area contributed by atoms with Gasteiger partial charge >= 0.3 is 0 Å². The molecular weight excluding hydrogens is 706 g/mol. The molecule has 1 amide bonds. The maximum Gasteiger partial charge on any atom is 0.255 e. The lowest BCUT2D eigenvalue weighted by Crippen LogP contribution is -2.42. The van der Waals surface area contributed by atoms with E-state index in [2.05, 4.69) is 55.1 Å². The number of hydrogen-bond donors (Lipinski definition) is 1. The molecule has 0 spiro atoms. The predicted molar refractivity (Wildman–Crippen MR) is 189 cm³/mol. The Labute approximate surface area is 285 Å². The highest BCUT2D eigenvalue weighted by molar-refractivity contribution is 9.10. The minimum absolute atomic E-state index is 0.0557. The van der Waals surface area contributed by atoms with Crippen LogP contribution in [0, 0.1) is 11.6 Å². The summed E-state index contributed by atoms with van der Waals surface area (Å²) < 4.78 is 70.6. The molecule has 5 rings (SSSR count). The quantitative estimate of drug-likeness (QED) is 0.155. The lowest BCUT2D eigenvalue weighted by Gasteiger charge is -2.40. The fourth-order valence-corrected chi connectivity index (χ4v) is 8.28. The first-order valence-corrected chi connectivity index (χ1v) is 21.1. The number of furan rings is 1. The fraction of sp³-hybridized carbons (Fsp3) is 0.400. The van der Waals surface area contributed by atoms with Crippen LogP contribution < -0.4 is 9.62 Å². The van der Waals surface area contributed by atoms with E-state index in [0.29, 0.717) is 37.8 Å². The smallest absolute Gasteiger partial charge is 0.255 e. The number of rotatable bonds is 11. The van der Waals surface area contributed by atoms with Crippen LogP contribution in [0.5, 0.6) is 0 Å². The van der Waals surface area contributed by atoms with Crippen LogP contribution in [0.1, 0.15) is 73.5 Å². The molecule has 1 atom stereocenters. The molecule has 0 saturated heterocycles. The average molecular weight is 748 g/mol. The number of amides is 1. The van der Waals surface area contributed by atoms with Crippen molar-refractivity contribution in [2.75, 3.05) is 24.2 Å². The summed E-state index contributed by atoms with van der Waals surface area (Å²) >= 11 is 3.57. The van der Waals surface area contributed by atoms with E-state index in [1.54, 1.807) is 12.1 Å². The number of carbonyl (C=O) groups excluding carboxylic acids is 1. The van der Waals surface area contributed by atoms with E-state index in [-0.39, 0.29) is 35.6 Å². The molecule has 1 unspecified atom stereocenters. The van der Waals surface area contributed by atoms with Gasteiger partial charge in [-0.05, 0) is 103 Å². The van der Waals surface area contributed by atoms with Crippen molar-refractivity contribution in [2.45, 2.75) is 70.2 Å². The van der Waals surface area contributed by atoms with Gasteiger partial charge in [-0.1, -0.05) is 36.7 Å². The first-order chi connectivity index (χ1) is 21.9. The lowest BCUT2D eigenvalue weighted by atomic mass is 10.00. The van der Waals surface area contributed by atoms with E-state index in [0.717, 1.165) is 24.7 Å². The number of benzene rings is 3. The Morgan fingerprint density at radius 3 is 2.30 bits per heavy atom. The maximum absolute atomic E-state index is 14.6. The van der Waals surface area contributed by atoms with Gasteiger partial charge in [-0.15, -0.1) is 0 Å². The van der Waals surface area contributed by atoms with Gasteiger partial charge < -0.3 is 14.2 Å². The second kappa shape index (κ2) is 13.1. The summed E-state index contributed by atoms with van der Waals surface area (Å²) in [6.07, 6.45) is 2.58. The lowest BCUT2D eigenvalue weighted by molar-refractivity contribution is 0.0964. The molecule has 1 aromatic heterocycles. The number of halogens is 3. The van der Waals surface area contributed by atoms with Crippen LogP contribution in [0.2, 0.25) is 18.1 Å². The molecule has 0 bridgehead atoms. The van der Waals surface area contributed by atoms with Crippen molar-refractivity contribution in [1.82, 2.24) is 5.32 Å². The van der Waals surface area contributed by atoms with E-state index < -0.39 is 36.1 Å². The van der Waals surface area contributed by atoms with Gasteiger partial charge in [0.15, 0.2) is 8.32 Å². The standard InChI is InChI=1S/C35H41BrF2N2O5SSi/c1-35(2,3)47(6,7)45-30(26-18-24(38)14-15-28(26)36)16-17-40(46(5,42)43)29-20-31-27(19-25(29)21-8-9-21)32(34(41)39-4)33(44-31)22-10-12-23(37)13-11-22/h10-15,18-21,30H,8-9,16-17H2,1-7H3,(H,39,41). The van der Waals surface area contributed by atoms with Crippen molar-refractivity contribution in [3.8, 4) is 11.3 Å². The summed E-state index contributed by atoms with van der Waals surface area (Å²) in [6, 6.07) is 13.7. The van der Waals surface area contributed by atoms with Crippen molar-refractivity contribution < 1.29 is 30.8 Å².